The van der Waals surface area contributed by atoms with E-state index in [-0.39, 0.29) is 40.2 Å². The van der Waals surface area contributed by atoms with E-state index in [1.54, 1.807) is 24.5 Å². The van der Waals surface area contributed by atoms with Crippen LogP contribution in [0.5, 0.6) is 17.2 Å². The molecule has 2 aromatic heterocycles. The summed E-state index contributed by atoms with van der Waals surface area (Å²) >= 11 is 0. The number of benzene rings is 3. The lowest BCUT2D eigenvalue weighted by atomic mass is 9.84. The lowest BCUT2D eigenvalue weighted by Gasteiger charge is -2.26. The Morgan fingerprint density at radius 2 is 1.76 bits per heavy atom. The lowest BCUT2D eigenvalue weighted by Crippen LogP contribution is -2.22. The molecule has 8 heteroatoms. The number of phenolic OH excluding ortho intramolecular Hbond substituents is 2. The third-order valence-corrected chi connectivity index (χ3v) is 6.05. The molecule has 34 heavy (non-hydrogen) atoms. The normalized spacial score (nSPS) is 15.3. The van der Waals surface area contributed by atoms with E-state index in [1.807, 2.05) is 18.2 Å². The number of esters is 1. The number of hydrogen-bond donors (Lipinski definition) is 2. The molecule has 0 radical (unpaired) electrons. The number of nitrogens with zero attached hydrogens (tertiary/aromatic N) is 2. The molecular weight excluding hydrogens is 436 g/mol. The first-order chi connectivity index (χ1) is 16.5. The van der Waals surface area contributed by atoms with Crippen molar-refractivity contribution in [1.29, 1.82) is 0 Å². The maximum atomic E-state index is 13.4. The van der Waals surface area contributed by atoms with Gasteiger partial charge in [-0.2, -0.15) is 0 Å². The molecule has 0 fully saturated rings. The molecule has 3 heterocycles. The van der Waals surface area contributed by atoms with Crippen LogP contribution < -0.4 is 10.2 Å². The molecule has 0 unspecified atom stereocenters. The Labute approximate surface area is 191 Å². The van der Waals surface area contributed by atoms with Crippen molar-refractivity contribution in [2.75, 3.05) is 0 Å². The number of fused-ring (bicyclic) bond motifs is 4. The monoisotopic (exact) mass is 452 g/mol. The zero-order valence-electron chi connectivity index (χ0n) is 17.6. The Kier molecular flexibility index (Phi) is 4.35. The lowest BCUT2D eigenvalue weighted by molar-refractivity contribution is -0.135. The van der Waals surface area contributed by atoms with Crippen LogP contribution in [0.4, 0.5) is 0 Å². The van der Waals surface area contributed by atoms with Gasteiger partial charge in [-0.05, 0) is 29.3 Å². The maximum Gasteiger partial charge on any atom is 0.312 e. The van der Waals surface area contributed by atoms with Gasteiger partial charge in [0.25, 0.3) is 0 Å². The average molecular weight is 452 g/mol. The summed E-state index contributed by atoms with van der Waals surface area (Å²) in [6, 6.07) is 12.9. The third kappa shape index (κ3) is 3.00. The van der Waals surface area contributed by atoms with Gasteiger partial charge < -0.3 is 19.4 Å². The molecule has 5 aromatic rings. The van der Waals surface area contributed by atoms with E-state index < -0.39 is 17.3 Å². The summed E-state index contributed by atoms with van der Waals surface area (Å²) in [5, 5.41) is 20.3. The number of rotatable bonds is 2. The van der Waals surface area contributed by atoms with Gasteiger partial charge in [-0.15, -0.1) is 0 Å². The number of aromatic nitrogens is 2. The molecule has 8 nitrogen and oxygen atoms in total. The van der Waals surface area contributed by atoms with Gasteiger partial charge in [0.15, 0.2) is 0 Å². The maximum absolute atomic E-state index is 13.4. The number of para-hydroxylation sites is 1. The van der Waals surface area contributed by atoms with E-state index in [9.17, 15) is 19.8 Å². The molecule has 0 spiro atoms. The highest BCUT2D eigenvalue weighted by Crippen LogP contribution is 2.46. The van der Waals surface area contributed by atoms with Crippen LogP contribution >= 0.6 is 0 Å². The molecule has 0 bridgehead atoms. The van der Waals surface area contributed by atoms with Gasteiger partial charge in [0.2, 0.25) is 5.43 Å². The number of carbonyl (C=O) groups is 1. The molecule has 2 N–H and O–H groups in total. The van der Waals surface area contributed by atoms with Gasteiger partial charge in [-0.1, -0.05) is 24.3 Å². The van der Waals surface area contributed by atoms with Crippen molar-refractivity contribution in [2.45, 2.75) is 12.3 Å². The van der Waals surface area contributed by atoms with Crippen LogP contribution in [0, 0.1) is 0 Å². The van der Waals surface area contributed by atoms with Crippen molar-refractivity contribution in [2.24, 2.45) is 0 Å². The second kappa shape index (κ2) is 7.41. The second-order valence-corrected chi connectivity index (χ2v) is 8.04. The minimum absolute atomic E-state index is 0.00594. The third-order valence-electron chi connectivity index (χ3n) is 6.05. The molecule has 0 amide bonds. The summed E-state index contributed by atoms with van der Waals surface area (Å²) in [6.07, 6.45) is 4.48. The topological polar surface area (TPSA) is 123 Å². The highest BCUT2D eigenvalue weighted by Gasteiger charge is 2.34. The smallest absolute Gasteiger partial charge is 0.312 e. The van der Waals surface area contributed by atoms with E-state index in [2.05, 4.69) is 9.97 Å². The van der Waals surface area contributed by atoms with Crippen molar-refractivity contribution in [3.8, 4) is 28.4 Å². The summed E-state index contributed by atoms with van der Waals surface area (Å²) in [5.74, 6) is -1.15. The zero-order chi connectivity index (χ0) is 23.4. The van der Waals surface area contributed by atoms with Crippen molar-refractivity contribution in [1.82, 2.24) is 9.97 Å². The quantitative estimate of drug-likeness (QED) is 0.301. The molecule has 0 saturated heterocycles. The number of ether oxygens (including phenoxy) is 1. The summed E-state index contributed by atoms with van der Waals surface area (Å²) in [4.78, 5) is 34.7. The van der Waals surface area contributed by atoms with Gasteiger partial charge in [-0.25, -0.2) is 0 Å². The Bertz CT molecular complexity index is 1670. The summed E-state index contributed by atoms with van der Waals surface area (Å²) in [7, 11) is 0. The first kappa shape index (κ1) is 19.9. The number of carbonyl (C=O) groups excluding carboxylic acids is 1. The molecule has 6 rings (SSSR count). The Hall–Kier alpha value is -4.72. The molecule has 1 aliphatic rings. The molecule has 0 aliphatic carbocycles. The first-order valence-corrected chi connectivity index (χ1v) is 10.5. The van der Waals surface area contributed by atoms with Gasteiger partial charge >= 0.3 is 5.97 Å². The van der Waals surface area contributed by atoms with Gasteiger partial charge in [0.1, 0.15) is 34.5 Å². The van der Waals surface area contributed by atoms with Crippen LogP contribution in [0.15, 0.2) is 76.4 Å². The molecule has 1 atom stereocenters. The van der Waals surface area contributed by atoms with E-state index in [0.717, 1.165) is 5.56 Å². The summed E-state index contributed by atoms with van der Waals surface area (Å²) in [5.41, 5.74) is 2.96. The van der Waals surface area contributed by atoms with Gasteiger partial charge in [-0.3, -0.25) is 19.6 Å². The van der Waals surface area contributed by atoms with Crippen molar-refractivity contribution < 1.29 is 24.2 Å². The first-order valence-electron chi connectivity index (χ1n) is 10.5. The van der Waals surface area contributed by atoms with Crippen LogP contribution in [0.3, 0.4) is 0 Å². The minimum atomic E-state index is -0.526. The predicted octanol–water partition coefficient (Wildman–Crippen LogP) is 4.26. The standard InChI is InChI=1S/C26H16N2O6/c29-14-6-4-13(5-7-14)17-12-33-26-22-16(15-2-1-3-18-24(15)28-9-8-27-18)10-21(31)34-20(22)11-19(30)23(26)25(17)32/h1-9,11-12,16,29-30H,10H2/t16-/m1/s1. The predicted molar refractivity (Wildman–Crippen MR) is 123 cm³/mol. The van der Waals surface area contributed by atoms with Crippen molar-refractivity contribution in [3.05, 3.63) is 88.5 Å². The van der Waals surface area contributed by atoms with E-state index >= 15 is 0 Å². The van der Waals surface area contributed by atoms with E-state index in [4.69, 9.17) is 9.15 Å². The van der Waals surface area contributed by atoms with Gasteiger partial charge in [0, 0.05) is 29.9 Å². The van der Waals surface area contributed by atoms with Crippen LogP contribution in [-0.4, -0.2) is 26.2 Å². The Morgan fingerprint density at radius 1 is 0.971 bits per heavy atom. The SMILES string of the molecule is O=C1C[C@H](c2cccc3nccnc23)c2c(cc(O)c3c(=O)c(-c4ccc(O)cc4)coc23)O1. The fourth-order valence-corrected chi connectivity index (χ4v) is 4.53. The molecule has 3 aromatic carbocycles. The van der Waals surface area contributed by atoms with Crippen LogP contribution in [0.1, 0.15) is 23.5 Å². The fraction of sp³-hybridized carbons (Fsp3) is 0.0769. The molecule has 1 aliphatic heterocycles. The van der Waals surface area contributed by atoms with Crippen LogP contribution in [0.25, 0.3) is 33.1 Å². The largest absolute Gasteiger partial charge is 0.508 e. The van der Waals surface area contributed by atoms with Crippen LogP contribution in [0.2, 0.25) is 0 Å². The van der Waals surface area contributed by atoms with Crippen LogP contribution in [-0.2, 0) is 4.79 Å². The molecular formula is C26H16N2O6. The molecule has 0 saturated carbocycles. The average Bonchev–Trinajstić information content (AvgIpc) is 2.84. The Balaban J connectivity index is 1.64. The van der Waals surface area contributed by atoms with E-state index in [1.165, 1.54) is 24.5 Å². The van der Waals surface area contributed by atoms with Crippen molar-refractivity contribution in [3.63, 3.8) is 0 Å². The Morgan fingerprint density at radius 3 is 2.59 bits per heavy atom. The fourth-order valence-electron chi connectivity index (χ4n) is 4.53. The van der Waals surface area contributed by atoms with Gasteiger partial charge in [0.05, 0.1) is 23.0 Å². The summed E-state index contributed by atoms with van der Waals surface area (Å²) < 4.78 is 11.4. The second-order valence-electron chi connectivity index (χ2n) is 8.04. The number of aromatic hydroxyl groups is 2. The summed E-state index contributed by atoms with van der Waals surface area (Å²) in [6.45, 7) is 0. The van der Waals surface area contributed by atoms with E-state index in [0.29, 0.717) is 22.2 Å². The number of hydrogen-bond acceptors (Lipinski definition) is 8. The number of phenols is 2. The molecule has 166 valence electrons. The van der Waals surface area contributed by atoms with Crippen molar-refractivity contribution >= 4 is 28.0 Å². The highest BCUT2D eigenvalue weighted by molar-refractivity contribution is 5.95. The highest BCUT2D eigenvalue weighted by atomic mass is 16.5. The minimum Gasteiger partial charge on any atom is -0.508 e. The zero-order valence-corrected chi connectivity index (χ0v) is 17.6.